The second kappa shape index (κ2) is 11.6. The summed E-state index contributed by atoms with van der Waals surface area (Å²) in [6.07, 6.45) is 5.43. The highest BCUT2D eigenvalue weighted by Gasteiger charge is 2.32. The largest absolute Gasteiger partial charge is 0.474 e. The van der Waals surface area contributed by atoms with Gasteiger partial charge in [-0.25, -0.2) is 27.0 Å². The lowest BCUT2D eigenvalue weighted by molar-refractivity contribution is 0.129. The zero-order valence-electron chi connectivity index (χ0n) is 21.4. The summed E-state index contributed by atoms with van der Waals surface area (Å²) in [4.78, 5) is 5.98. The Balaban J connectivity index is 1.53. The van der Waals surface area contributed by atoms with Crippen LogP contribution in [-0.4, -0.2) is 72.1 Å². The van der Waals surface area contributed by atoms with E-state index in [2.05, 4.69) is 4.98 Å². The summed E-state index contributed by atoms with van der Waals surface area (Å²) in [5.41, 5.74) is 1.36. The molecule has 4 rings (SSSR count). The Morgan fingerprint density at radius 2 is 1.81 bits per heavy atom. The Labute approximate surface area is 219 Å². The molecular formula is C25H36N4O6S2. The van der Waals surface area contributed by atoms with E-state index < -0.39 is 20.0 Å². The third kappa shape index (κ3) is 6.61. The van der Waals surface area contributed by atoms with Crippen LogP contribution in [0.25, 0.3) is 0 Å². The van der Waals surface area contributed by atoms with Crippen molar-refractivity contribution in [2.75, 3.05) is 44.8 Å². The van der Waals surface area contributed by atoms with Crippen LogP contribution >= 0.6 is 0 Å². The predicted molar refractivity (Wildman–Crippen MR) is 141 cm³/mol. The molecule has 2 fully saturated rings. The first kappa shape index (κ1) is 27.8. The van der Waals surface area contributed by atoms with Crippen molar-refractivity contribution in [1.29, 1.82) is 0 Å². The zero-order valence-corrected chi connectivity index (χ0v) is 23.0. The van der Waals surface area contributed by atoms with Gasteiger partial charge in [-0.1, -0.05) is 12.5 Å². The van der Waals surface area contributed by atoms with Crippen molar-refractivity contribution in [2.24, 2.45) is 11.1 Å². The smallest absolute Gasteiger partial charge is 0.243 e. The Kier molecular flexibility index (Phi) is 8.74. The van der Waals surface area contributed by atoms with Gasteiger partial charge in [-0.2, -0.15) is 4.31 Å². The van der Waals surface area contributed by atoms with E-state index in [0.717, 1.165) is 24.8 Å². The van der Waals surface area contributed by atoms with Gasteiger partial charge in [0, 0.05) is 45.0 Å². The van der Waals surface area contributed by atoms with Crippen LogP contribution < -0.4 is 14.8 Å². The van der Waals surface area contributed by atoms with E-state index in [1.165, 1.54) is 16.4 Å². The maximum atomic E-state index is 13.5. The number of pyridine rings is 1. The molecule has 0 bridgehead atoms. The molecule has 10 nitrogen and oxygen atoms in total. The minimum atomic E-state index is -4.17. The number of piperidine rings is 1. The van der Waals surface area contributed by atoms with Crippen molar-refractivity contribution in [3.63, 3.8) is 0 Å². The summed E-state index contributed by atoms with van der Waals surface area (Å²) in [5, 5.41) is 5.58. The second-order valence-corrected chi connectivity index (χ2v) is 13.3. The summed E-state index contributed by atoms with van der Waals surface area (Å²) < 4.78 is 64.8. The fourth-order valence-corrected chi connectivity index (χ4v) is 7.41. The maximum absolute atomic E-state index is 13.5. The number of nitrogens with two attached hydrogens (primary N) is 1. The molecule has 2 saturated heterocycles. The number of methoxy groups -OCH3 is 1. The van der Waals surface area contributed by atoms with Crippen LogP contribution in [0.4, 0.5) is 5.69 Å². The van der Waals surface area contributed by atoms with E-state index in [1.807, 2.05) is 24.0 Å². The van der Waals surface area contributed by atoms with Crippen LogP contribution in [0.15, 0.2) is 46.3 Å². The number of ether oxygens (including phenoxy) is 2. The number of rotatable bonds is 8. The summed E-state index contributed by atoms with van der Waals surface area (Å²) in [6.45, 7) is 4.29. The highest BCUT2D eigenvalue weighted by Crippen LogP contribution is 2.32. The number of hydrogen-bond donors (Lipinski definition) is 1. The van der Waals surface area contributed by atoms with Gasteiger partial charge >= 0.3 is 0 Å². The van der Waals surface area contributed by atoms with Crippen LogP contribution in [0.5, 0.6) is 5.88 Å². The summed E-state index contributed by atoms with van der Waals surface area (Å²) in [6, 6.07) is 8.01. The number of hydrogen-bond acceptors (Lipinski definition) is 8. The van der Waals surface area contributed by atoms with Crippen molar-refractivity contribution in [1.82, 2.24) is 9.29 Å². The molecule has 2 aliphatic rings. The minimum Gasteiger partial charge on any atom is -0.474 e. The molecule has 1 aromatic carbocycles. The van der Waals surface area contributed by atoms with E-state index in [1.54, 1.807) is 19.4 Å². The van der Waals surface area contributed by atoms with E-state index in [-0.39, 0.29) is 34.9 Å². The fourth-order valence-electron chi connectivity index (χ4n) is 5.06. The molecule has 2 N–H and O–H groups in total. The van der Waals surface area contributed by atoms with Crippen LogP contribution in [0.1, 0.15) is 37.7 Å². The van der Waals surface area contributed by atoms with E-state index in [0.29, 0.717) is 44.1 Å². The Bertz CT molecular complexity index is 1290. The summed E-state index contributed by atoms with van der Waals surface area (Å²) in [7, 11) is -6.44. The molecule has 0 radical (unpaired) electrons. The Hall–Kier alpha value is -2.25. The molecule has 2 aromatic rings. The first-order chi connectivity index (χ1) is 17.6. The van der Waals surface area contributed by atoms with Crippen molar-refractivity contribution < 1.29 is 26.3 Å². The molecule has 3 heterocycles. The summed E-state index contributed by atoms with van der Waals surface area (Å²) in [5.74, 6) is 0.807. The first-order valence-electron chi connectivity index (χ1n) is 12.6. The van der Waals surface area contributed by atoms with Gasteiger partial charge in [0.25, 0.3) is 0 Å². The molecule has 0 saturated carbocycles. The molecule has 0 spiro atoms. The number of aryl methyl sites for hydroxylation is 1. The third-order valence-electron chi connectivity index (χ3n) is 7.03. The molecule has 12 heteroatoms. The van der Waals surface area contributed by atoms with Crippen molar-refractivity contribution in [2.45, 2.75) is 54.9 Å². The van der Waals surface area contributed by atoms with Crippen molar-refractivity contribution >= 4 is 25.7 Å². The second-order valence-electron chi connectivity index (χ2n) is 9.78. The fraction of sp³-hybridized carbons (Fsp3) is 0.560. The van der Waals surface area contributed by atoms with Crippen LogP contribution in [-0.2, 0) is 24.8 Å². The molecule has 0 amide bonds. The first-order valence-corrected chi connectivity index (χ1v) is 15.6. The average molecular weight is 553 g/mol. The third-order valence-corrected chi connectivity index (χ3v) is 9.86. The molecule has 2 aliphatic heterocycles. The standard InChI is InChI=1S/C25H36N4O6S2/c1-19-6-5-12-27-25(19)35-21-10-14-29(15-11-21)37(32,33)22-8-9-23(24(16-22)36(26,30)31)28-13-4-3-7-20(17-28)18-34-2/h5-6,8-9,12,16,20-21H,3-4,7,10-11,13-15,17-18H2,1-2H3,(H2,26,30,31). The monoisotopic (exact) mass is 552 g/mol. The minimum absolute atomic E-state index is 0.0801. The highest BCUT2D eigenvalue weighted by atomic mass is 32.2. The van der Waals surface area contributed by atoms with Gasteiger partial charge in [-0.3, -0.25) is 0 Å². The lowest BCUT2D eigenvalue weighted by Crippen LogP contribution is -2.42. The SMILES string of the molecule is COCC1CCCCN(c2ccc(S(=O)(=O)N3CCC(Oc4ncccc4C)CC3)cc2S(N)(=O)=O)C1. The van der Waals surface area contributed by atoms with Crippen molar-refractivity contribution in [3.05, 3.63) is 42.1 Å². The number of aromatic nitrogens is 1. The molecule has 1 unspecified atom stereocenters. The van der Waals surface area contributed by atoms with E-state index >= 15 is 0 Å². The van der Waals surface area contributed by atoms with Gasteiger partial charge in [-0.05, 0) is 62.8 Å². The van der Waals surface area contributed by atoms with Crippen LogP contribution in [0, 0.1) is 12.8 Å². The molecule has 1 atom stereocenters. The van der Waals surface area contributed by atoms with Gasteiger partial charge < -0.3 is 14.4 Å². The number of benzene rings is 1. The molecule has 37 heavy (non-hydrogen) atoms. The molecular weight excluding hydrogens is 516 g/mol. The van der Waals surface area contributed by atoms with Gasteiger partial charge in [0.15, 0.2) is 0 Å². The highest BCUT2D eigenvalue weighted by molar-refractivity contribution is 7.90. The predicted octanol–water partition coefficient (Wildman–Crippen LogP) is 2.52. The molecule has 204 valence electrons. The normalized spacial score (nSPS) is 20.5. The van der Waals surface area contributed by atoms with Crippen LogP contribution in [0.2, 0.25) is 0 Å². The summed E-state index contributed by atoms with van der Waals surface area (Å²) >= 11 is 0. The zero-order chi connectivity index (χ0) is 26.6. The van der Waals surface area contributed by atoms with Gasteiger partial charge in [0.2, 0.25) is 25.9 Å². The number of nitrogens with zero attached hydrogens (tertiary/aromatic N) is 3. The number of primary sulfonamides is 1. The maximum Gasteiger partial charge on any atom is 0.243 e. The average Bonchev–Trinajstić information content (AvgIpc) is 3.11. The lowest BCUT2D eigenvalue weighted by Gasteiger charge is -2.32. The van der Waals surface area contributed by atoms with E-state index in [4.69, 9.17) is 14.6 Å². The topological polar surface area (TPSA) is 132 Å². The Morgan fingerprint density at radius 1 is 1.05 bits per heavy atom. The number of anilines is 1. The van der Waals surface area contributed by atoms with Gasteiger partial charge in [-0.15, -0.1) is 0 Å². The van der Waals surface area contributed by atoms with Gasteiger partial charge in [0.05, 0.1) is 17.2 Å². The van der Waals surface area contributed by atoms with Crippen LogP contribution in [0.3, 0.4) is 0 Å². The molecule has 1 aromatic heterocycles. The number of sulfonamides is 2. The molecule has 0 aliphatic carbocycles. The van der Waals surface area contributed by atoms with Gasteiger partial charge in [0.1, 0.15) is 11.0 Å². The van der Waals surface area contributed by atoms with Crippen molar-refractivity contribution in [3.8, 4) is 5.88 Å². The lowest BCUT2D eigenvalue weighted by atomic mass is 10.0. The Morgan fingerprint density at radius 3 is 2.49 bits per heavy atom. The quantitative estimate of drug-likeness (QED) is 0.528. The van der Waals surface area contributed by atoms with E-state index in [9.17, 15) is 16.8 Å².